The minimum Gasteiger partial charge on any atom is -0.446 e. The van der Waals surface area contributed by atoms with E-state index in [0.29, 0.717) is 0 Å². The van der Waals surface area contributed by atoms with Gasteiger partial charge in [0.05, 0.1) is 5.39 Å². The maximum atomic E-state index is 12.9. The summed E-state index contributed by atoms with van der Waals surface area (Å²) in [6.07, 6.45) is 2.64. The van der Waals surface area contributed by atoms with E-state index in [2.05, 4.69) is 18.2 Å². The quantitative estimate of drug-likeness (QED) is 0.684. The molecule has 2 saturated carbocycles. The van der Waals surface area contributed by atoms with E-state index < -0.39 is 29.2 Å². The van der Waals surface area contributed by atoms with Crippen LogP contribution in [0, 0.1) is 6.92 Å². The number of rotatable bonds is 0. The van der Waals surface area contributed by atoms with Gasteiger partial charge in [-0.1, -0.05) is 24.3 Å². The number of epoxide rings is 2. The van der Waals surface area contributed by atoms with E-state index in [0.717, 1.165) is 53.5 Å². The summed E-state index contributed by atoms with van der Waals surface area (Å²) in [4.78, 5) is 12.9. The van der Waals surface area contributed by atoms with E-state index >= 15 is 0 Å². The van der Waals surface area contributed by atoms with Crippen molar-refractivity contribution in [3.8, 4) is 11.5 Å². The van der Waals surface area contributed by atoms with Crippen LogP contribution in [0.25, 0.3) is 10.8 Å². The molecule has 2 saturated heterocycles. The third-order valence-corrected chi connectivity index (χ3v) is 7.02. The van der Waals surface area contributed by atoms with E-state index in [-0.39, 0.29) is 5.78 Å². The Balaban J connectivity index is 1.49. The summed E-state index contributed by atoms with van der Waals surface area (Å²) in [5.41, 5.74) is -0.452. The van der Waals surface area contributed by atoms with Gasteiger partial charge < -0.3 is 18.9 Å². The molecule has 5 heteroatoms. The number of aryl methyl sites for hydroxylation is 1. The van der Waals surface area contributed by atoms with Crippen molar-refractivity contribution in [2.24, 2.45) is 0 Å². The second kappa shape index (κ2) is 3.92. The van der Waals surface area contributed by atoms with E-state index in [4.69, 9.17) is 18.9 Å². The fraction of sp³-hybridized carbons (Fsp3) is 0.476. The van der Waals surface area contributed by atoms with Crippen LogP contribution >= 0.6 is 0 Å². The minimum absolute atomic E-state index is 0.0915. The number of carbonyl (C=O) groups excluding carboxylic acids is 1. The largest absolute Gasteiger partial charge is 0.446 e. The lowest BCUT2D eigenvalue weighted by Gasteiger charge is -2.45. The Morgan fingerprint density at radius 2 is 1.96 bits per heavy atom. The summed E-state index contributed by atoms with van der Waals surface area (Å²) in [6, 6.07) is 10.2. The monoisotopic (exact) mass is 350 g/mol. The van der Waals surface area contributed by atoms with Gasteiger partial charge in [0.15, 0.2) is 29.2 Å². The van der Waals surface area contributed by atoms with Crippen LogP contribution < -0.4 is 9.47 Å². The minimum atomic E-state index is -1.07. The van der Waals surface area contributed by atoms with Gasteiger partial charge in [0.2, 0.25) is 0 Å². The van der Waals surface area contributed by atoms with Gasteiger partial charge in [-0.15, -0.1) is 0 Å². The summed E-state index contributed by atoms with van der Waals surface area (Å²) < 4.78 is 25.4. The molecule has 2 aliphatic carbocycles. The molecule has 0 aromatic heterocycles. The molecular formula is C21H18O5. The Morgan fingerprint density at radius 1 is 1.08 bits per heavy atom. The SMILES string of the molecule is Cc1ccc2cccc3c2c1OC1(O3)C2OC2C(=O)C23CCCCC21O3. The second-order valence-corrected chi connectivity index (χ2v) is 8.24. The number of Topliss-reactive ketones (excluding diaryl/α,β-unsaturated/α-hetero) is 1. The number of fused-ring (bicyclic) bond motifs is 2. The molecule has 5 unspecified atom stereocenters. The Morgan fingerprint density at radius 3 is 2.88 bits per heavy atom. The number of ether oxygens (including phenoxy) is 4. The predicted octanol–water partition coefficient (Wildman–Crippen LogP) is 3.05. The molecule has 2 aromatic carbocycles. The number of hydrogen-bond donors (Lipinski definition) is 0. The summed E-state index contributed by atoms with van der Waals surface area (Å²) in [5, 5.41) is 2.08. The normalized spacial score (nSPS) is 43.8. The van der Waals surface area contributed by atoms with Gasteiger partial charge in [-0.3, -0.25) is 4.79 Å². The molecule has 5 nitrogen and oxygen atoms in total. The number of hydrogen-bond acceptors (Lipinski definition) is 5. The van der Waals surface area contributed by atoms with E-state index in [1.807, 2.05) is 19.1 Å². The van der Waals surface area contributed by atoms with Gasteiger partial charge in [0.25, 0.3) is 0 Å². The second-order valence-electron chi connectivity index (χ2n) is 8.24. The zero-order valence-electron chi connectivity index (χ0n) is 14.4. The summed E-state index contributed by atoms with van der Waals surface area (Å²) >= 11 is 0. The Bertz CT molecular complexity index is 1030. The van der Waals surface area contributed by atoms with Crippen LogP contribution in [-0.2, 0) is 14.3 Å². The van der Waals surface area contributed by atoms with Crippen LogP contribution in [-0.4, -0.2) is 35.0 Å². The lowest BCUT2D eigenvalue weighted by molar-refractivity contribution is -0.190. The van der Waals surface area contributed by atoms with Gasteiger partial charge in [0.1, 0.15) is 11.5 Å². The predicted molar refractivity (Wildman–Crippen MR) is 91.4 cm³/mol. The average Bonchev–Trinajstić information content (AvgIpc) is 3.56. The van der Waals surface area contributed by atoms with Crippen LogP contribution in [0.2, 0.25) is 0 Å². The first-order chi connectivity index (χ1) is 12.6. The van der Waals surface area contributed by atoms with Crippen molar-refractivity contribution in [3.05, 3.63) is 35.9 Å². The fourth-order valence-electron chi connectivity index (χ4n) is 5.74. The Kier molecular flexibility index (Phi) is 2.11. The zero-order chi connectivity index (χ0) is 17.3. The summed E-state index contributed by atoms with van der Waals surface area (Å²) in [5.74, 6) is 0.644. The average molecular weight is 350 g/mol. The van der Waals surface area contributed by atoms with Crippen LogP contribution in [0.5, 0.6) is 11.5 Å². The van der Waals surface area contributed by atoms with Gasteiger partial charge in [-0.05, 0) is 49.6 Å². The number of carbonyl (C=O) groups is 1. The maximum absolute atomic E-state index is 12.9. The van der Waals surface area contributed by atoms with Crippen molar-refractivity contribution in [1.82, 2.24) is 0 Å². The molecule has 0 radical (unpaired) electrons. The molecule has 5 aliphatic rings. The van der Waals surface area contributed by atoms with Crippen LogP contribution in [0.4, 0.5) is 0 Å². The lowest BCUT2D eigenvalue weighted by Crippen LogP contribution is -2.68. The van der Waals surface area contributed by atoms with Crippen molar-refractivity contribution in [3.63, 3.8) is 0 Å². The van der Waals surface area contributed by atoms with Crippen molar-refractivity contribution in [2.75, 3.05) is 0 Å². The molecule has 132 valence electrons. The van der Waals surface area contributed by atoms with Crippen molar-refractivity contribution in [2.45, 2.75) is 61.8 Å². The third kappa shape index (κ3) is 1.24. The highest BCUT2D eigenvalue weighted by molar-refractivity contribution is 6.01. The highest BCUT2D eigenvalue weighted by atomic mass is 16.8. The molecular weight excluding hydrogens is 332 g/mol. The molecule has 3 heterocycles. The summed E-state index contributed by atoms with van der Waals surface area (Å²) in [7, 11) is 0. The highest BCUT2D eigenvalue weighted by Crippen LogP contribution is 2.72. The van der Waals surface area contributed by atoms with E-state index in [9.17, 15) is 4.79 Å². The maximum Gasteiger partial charge on any atom is 0.313 e. The van der Waals surface area contributed by atoms with Crippen molar-refractivity contribution in [1.29, 1.82) is 0 Å². The molecule has 0 amide bonds. The fourth-order valence-corrected chi connectivity index (χ4v) is 5.74. The first kappa shape index (κ1) is 14.0. The molecule has 1 spiro atoms. The molecule has 0 N–H and O–H groups in total. The van der Waals surface area contributed by atoms with Crippen molar-refractivity contribution < 1.29 is 23.7 Å². The Labute approximate surface area is 150 Å². The Hall–Kier alpha value is -2.11. The lowest BCUT2D eigenvalue weighted by atomic mass is 9.66. The smallest absolute Gasteiger partial charge is 0.313 e. The van der Waals surface area contributed by atoms with Crippen molar-refractivity contribution >= 4 is 16.6 Å². The van der Waals surface area contributed by atoms with Crippen LogP contribution in [0.3, 0.4) is 0 Å². The van der Waals surface area contributed by atoms with E-state index in [1.54, 1.807) is 0 Å². The molecule has 2 aromatic rings. The van der Waals surface area contributed by atoms with Gasteiger partial charge in [0, 0.05) is 0 Å². The number of ketones is 1. The van der Waals surface area contributed by atoms with Crippen LogP contribution in [0.15, 0.2) is 30.3 Å². The third-order valence-electron chi connectivity index (χ3n) is 7.02. The van der Waals surface area contributed by atoms with Gasteiger partial charge in [-0.2, -0.15) is 0 Å². The molecule has 5 atom stereocenters. The first-order valence-electron chi connectivity index (χ1n) is 9.42. The molecule has 26 heavy (non-hydrogen) atoms. The summed E-state index contributed by atoms with van der Waals surface area (Å²) in [6.45, 7) is 2.04. The first-order valence-corrected chi connectivity index (χ1v) is 9.42. The molecule has 0 bridgehead atoms. The zero-order valence-corrected chi connectivity index (χ0v) is 14.4. The highest BCUT2D eigenvalue weighted by Gasteiger charge is 2.95. The molecule has 4 fully saturated rings. The standard InChI is InChI=1S/C21H18O5/c1-11-7-8-12-5-4-6-13-14(12)15(11)25-21(24-13)18-16(23-18)17(22)19-9-2-3-10-20(19,21)26-19/h4-8,16,18H,2-3,9-10H2,1H3. The van der Waals surface area contributed by atoms with E-state index in [1.165, 1.54) is 0 Å². The molecule has 7 rings (SSSR count). The molecule has 3 aliphatic heterocycles. The topological polar surface area (TPSA) is 60.6 Å². The van der Waals surface area contributed by atoms with Crippen LogP contribution in [0.1, 0.15) is 31.2 Å². The van der Waals surface area contributed by atoms with Gasteiger partial charge >= 0.3 is 5.79 Å². The number of benzene rings is 2. The van der Waals surface area contributed by atoms with Gasteiger partial charge in [-0.25, -0.2) is 0 Å².